The predicted octanol–water partition coefficient (Wildman–Crippen LogP) is 1.80. The maximum absolute atomic E-state index is 12.1. The number of thioether (sulfide) groups is 1. The zero-order chi connectivity index (χ0) is 16.1. The minimum absolute atomic E-state index is 0.155. The molecule has 1 atom stereocenters. The summed E-state index contributed by atoms with van der Waals surface area (Å²) < 4.78 is 0.719. The van der Waals surface area contributed by atoms with E-state index in [2.05, 4.69) is 20.8 Å². The summed E-state index contributed by atoms with van der Waals surface area (Å²) in [5.74, 6) is -0.656. The summed E-state index contributed by atoms with van der Waals surface area (Å²) in [6.07, 6.45) is 0. The van der Waals surface area contributed by atoms with Crippen LogP contribution in [-0.2, 0) is 4.79 Å². The fourth-order valence-electron chi connectivity index (χ4n) is 1.52. The highest BCUT2D eigenvalue weighted by molar-refractivity contribution is 8.02. The number of benzene rings is 1. The molecule has 1 heterocycles. The van der Waals surface area contributed by atoms with Crippen LogP contribution in [0.15, 0.2) is 28.6 Å². The molecule has 22 heavy (non-hydrogen) atoms. The van der Waals surface area contributed by atoms with Crippen LogP contribution in [0.1, 0.15) is 17.3 Å². The molecule has 0 spiro atoms. The van der Waals surface area contributed by atoms with Gasteiger partial charge in [0, 0.05) is 18.3 Å². The zero-order valence-electron chi connectivity index (χ0n) is 12.0. The van der Waals surface area contributed by atoms with Gasteiger partial charge in [-0.15, -0.1) is 10.2 Å². The van der Waals surface area contributed by atoms with Gasteiger partial charge in [0.15, 0.2) is 4.34 Å². The zero-order valence-corrected chi connectivity index (χ0v) is 13.6. The Kier molecular flexibility index (Phi) is 5.34. The lowest BCUT2D eigenvalue weighted by Crippen LogP contribution is -2.22. The summed E-state index contributed by atoms with van der Waals surface area (Å²) in [6.45, 7) is 1.79. The van der Waals surface area contributed by atoms with E-state index in [1.54, 1.807) is 38.2 Å². The number of carbonyl (C=O) groups excluding carboxylic acids is 2. The minimum Gasteiger partial charge on any atom is -0.366 e. The molecule has 2 rings (SSSR count). The molecular weight excluding hydrogens is 322 g/mol. The van der Waals surface area contributed by atoms with Crippen molar-refractivity contribution < 1.29 is 9.59 Å². The molecule has 116 valence electrons. The van der Waals surface area contributed by atoms with Crippen molar-refractivity contribution in [3.05, 3.63) is 29.8 Å². The number of nitrogens with zero attached hydrogens (tertiary/aromatic N) is 2. The number of nitrogens with two attached hydrogens (primary N) is 1. The van der Waals surface area contributed by atoms with Gasteiger partial charge in [-0.25, -0.2) is 0 Å². The van der Waals surface area contributed by atoms with Gasteiger partial charge >= 0.3 is 0 Å². The Balaban J connectivity index is 1.94. The fourth-order valence-corrected chi connectivity index (χ4v) is 3.37. The van der Waals surface area contributed by atoms with Crippen molar-refractivity contribution in [1.29, 1.82) is 0 Å². The Hall–Kier alpha value is -2.13. The van der Waals surface area contributed by atoms with E-state index in [1.807, 2.05) is 0 Å². The summed E-state index contributed by atoms with van der Waals surface area (Å²) >= 11 is 2.72. The Labute approximate surface area is 135 Å². The van der Waals surface area contributed by atoms with E-state index < -0.39 is 5.91 Å². The van der Waals surface area contributed by atoms with Crippen LogP contribution in [-0.4, -0.2) is 34.3 Å². The second kappa shape index (κ2) is 7.23. The van der Waals surface area contributed by atoms with Gasteiger partial charge < -0.3 is 16.4 Å². The molecule has 0 bridgehead atoms. The Morgan fingerprint density at radius 1 is 1.27 bits per heavy atom. The van der Waals surface area contributed by atoms with Crippen LogP contribution < -0.4 is 16.4 Å². The van der Waals surface area contributed by atoms with Gasteiger partial charge in [-0.2, -0.15) is 0 Å². The standard InChI is InChI=1S/C13H15N5O2S2/c1-7(21-13-18-17-12(15-2)22-13)11(20)16-9-5-3-8(4-6-9)10(14)19/h3-7H,1-2H3,(H2,14,19)(H,15,17)(H,16,20)/t7-/m1/s1. The third-order valence-electron chi connectivity index (χ3n) is 2.70. The molecule has 4 N–H and O–H groups in total. The van der Waals surface area contributed by atoms with Gasteiger partial charge in [0.2, 0.25) is 16.9 Å². The van der Waals surface area contributed by atoms with Crippen LogP contribution in [0.3, 0.4) is 0 Å². The highest BCUT2D eigenvalue weighted by Crippen LogP contribution is 2.29. The van der Waals surface area contributed by atoms with E-state index in [4.69, 9.17) is 5.73 Å². The average molecular weight is 337 g/mol. The minimum atomic E-state index is -0.501. The molecule has 2 amide bonds. The molecule has 0 saturated carbocycles. The fraction of sp³-hybridized carbons (Fsp3) is 0.231. The lowest BCUT2D eigenvalue weighted by Gasteiger charge is -2.10. The summed E-state index contributed by atoms with van der Waals surface area (Å²) in [4.78, 5) is 23.1. The van der Waals surface area contributed by atoms with Crippen LogP contribution in [0.5, 0.6) is 0 Å². The molecule has 7 nitrogen and oxygen atoms in total. The van der Waals surface area contributed by atoms with E-state index in [9.17, 15) is 9.59 Å². The molecule has 0 radical (unpaired) electrons. The molecule has 0 aliphatic heterocycles. The van der Waals surface area contributed by atoms with Gasteiger partial charge in [0.1, 0.15) is 0 Å². The van der Waals surface area contributed by atoms with Crippen molar-refractivity contribution in [2.75, 3.05) is 17.7 Å². The summed E-state index contributed by atoms with van der Waals surface area (Å²) in [5, 5.41) is 14.0. The highest BCUT2D eigenvalue weighted by atomic mass is 32.2. The third-order valence-corrected chi connectivity index (χ3v) is 4.83. The lowest BCUT2D eigenvalue weighted by atomic mass is 10.2. The number of anilines is 2. The Bertz CT molecular complexity index is 671. The average Bonchev–Trinajstić information content (AvgIpc) is 2.95. The largest absolute Gasteiger partial charge is 0.366 e. The third kappa shape index (κ3) is 4.18. The monoisotopic (exact) mass is 337 g/mol. The first-order chi connectivity index (χ1) is 10.5. The van der Waals surface area contributed by atoms with Crippen molar-refractivity contribution in [2.24, 2.45) is 5.73 Å². The summed E-state index contributed by atoms with van der Waals surface area (Å²) in [7, 11) is 1.76. The van der Waals surface area contributed by atoms with E-state index in [0.717, 1.165) is 4.34 Å². The van der Waals surface area contributed by atoms with E-state index in [-0.39, 0.29) is 11.2 Å². The number of aromatic nitrogens is 2. The van der Waals surface area contributed by atoms with Crippen LogP contribution >= 0.6 is 23.1 Å². The van der Waals surface area contributed by atoms with Gasteiger partial charge in [-0.3, -0.25) is 9.59 Å². The van der Waals surface area contributed by atoms with Gasteiger partial charge in [0.25, 0.3) is 0 Å². The number of carbonyl (C=O) groups is 2. The molecule has 0 saturated heterocycles. The predicted molar refractivity (Wildman–Crippen MR) is 88.4 cm³/mol. The summed E-state index contributed by atoms with van der Waals surface area (Å²) in [6, 6.07) is 6.41. The molecule has 9 heteroatoms. The number of hydrogen-bond donors (Lipinski definition) is 3. The molecule has 1 aromatic heterocycles. The lowest BCUT2D eigenvalue weighted by molar-refractivity contribution is -0.115. The molecular formula is C13H15N5O2S2. The van der Waals surface area contributed by atoms with Crippen molar-refractivity contribution in [1.82, 2.24) is 10.2 Å². The van der Waals surface area contributed by atoms with Gasteiger partial charge in [0.05, 0.1) is 5.25 Å². The SMILES string of the molecule is CNc1nnc(S[C@H](C)C(=O)Nc2ccc(C(N)=O)cc2)s1. The van der Waals surface area contributed by atoms with Crippen molar-refractivity contribution in [3.63, 3.8) is 0 Å². The van der Waals surface area contributed by atoms with Crippen molar-refractivity contribution in [2.45, 2.75) is 16.5 Å². The van der Waals surface area contributed by atoms with Crippen molar-refractivity contribution in [3.8, 4) is 0 Å². The number of nitrogens with one attached hydrogen (secondary N) is 2. The number of primary amides is 1. The number of amides is 2. The Morgan fingerprint density at radius 2 is 1.95 bits per heavy atom. The number of hydrogen-bond acceptors (Lipinski definition) is 7. The smallest absolute Gasteiger partial charge is 0.248 e. The first kappa shape index (κ1) is 16.2. The second-order valence-electron chi connectivity index (χ2n) is 4.31. The van der Waals surface area contributed by atoms with Crippen LogP contribution in [0.4, 0.5) is 10.8 Å². The highest BCUT2D eigenvalue weighted by Gasteiger charge is 2.17. The number of rotatable bonds is 6. The van der Waals surface area contributed by atoms with Crippen LogP contribution in [0.25, 0.3) is 0 Å². The second-order valence-corrected chi connectivity index (χ2v) is 6.88. The normalized spacial score (nSPS) is 11.7. The maximum atomic E-state index is 12.1. The van der Waals surface area contributed by atoms with E-state index in [1.165, 1.54) is 23.1 Å². The van der Waals surface area contributed by atoms with Gasteiger partial charge in [-0.05, 0) is 31.2 Å². The molecule has 2 aromatic rings. The first-order valence-corrected chi connectivity index (χ1v) is 8.08. The van der Waals surface area contributed by atoms with E-state index in [0.29, 0.717) is 16.4 Å². The summed E-state index contributed by atoms with van der Waals surface area (Å²) in [5.41, 5.74) is 6.17. The molecule has 0 aliphatic rings. The van der Waals surface area contributed by atoms with Crippen LogP contribution in [0, 0.1) is 0 Å². The topological polar surface area (TPSA) is 110 Å². The van der Waals surface area contributed by atoms with Crippen LogP contribution in [0.2, 0.25) is 0 Å². The molecule has 1 aromatic carbocycles. The van der Waals surface area contributed by atoms with Crippen molar-refractivity contribution >= 4 is 45.7 Å². The Morgan fingerprint density at radius 3 is 2.50 bits per heavy atom. The molecule has 0 aliphatic carbocycles. The van der Waals surface area contributed by atoms with Gasteiger partial charge in [-0.1, -0.05) is 23.1 Å². The molecule has 0 unspecified atom stereocenters. The molecule has 0 fully saturated rings. The quantitative estimate of drug-likeness (QED) is 0.693. The van der Waals surface area contributed by atoms with E-state index >= 15 is 0 Å². The maximum Gasteiger partial charge on any atom is 0.248 e. The first-order valence-electron chi connectivity index (χ1n) is 6.38.